The molecular formula is C27H37N3O6. The molecule has 0 heterocycles. The SMILES string of the molecule is COc1c(C(=O)NCCNC2CCCCCC2)cc(N(C)C)c2ccccc12.O=C(O)/C=C\C(=O)O. The number of carbonyl (C=O) groups is 3. The topological polar surface area (TPSA) is 128 Å². The van der Waals surface area contributed by atoms with Crippen LogP contribution in [0.1, 0.15) is 48.9 Å². The van der Waals surface area contributed by atoms with Crippen LogP contribution in [0.3, 0.4) is 0 Å². The lowest BCUT2D eigenvalue weighted by Gasteiger charge is -2.20. The minimum atomic E-state index is -1.26. The normalized spacial score (nSPS) is 14.0. The van der Waals surface area contributed by atoms with Gasteiger partial charge in [0, 0.05) is 61.8 Å². The van der Waals surface area contributed by atoms with Gasteiger partial charge in [-0.05, 0) is 18.9 Å². The lowest BCUT2D eigenvalue weighted by Crippen LogP contribution is -2.37. The minimum absolute atomic E-state index is 0.0895. The summed E-state index contributed by atoms with van der Waals surface area (Å²) < 4.78 is 5.63. The quantitative estimate of drug-likeness (QED) is 0.234. The van der Waals surface area contributed by atoms with Crippen LogP contribution < -0.4 is 20.3 Å². The molecule has 0 saturated heterocycles. The van der Waals surface area contributed by atoms with E-state index in [-0.39, 0.29) is 5.91 Å². The van der Waals surface area contributed by atoms with Crippen molar-refractivity contribution in [3.63, 3.8) is 0 Å². The first-order valence-electron chi connectivity index (χ1n) is 12.2. The van der Waals surface area contributed by atoms with Gasteiger partial charge in [0.1, 0.15) is 5.75 Å². The molecule has 1 aliphatic rings. The summed E-state index contributed by atoms with van der Waals surface area (Å²) in [4.78, 5) is 34.1. The van der Waals surface area contributed by atoms with Crippen molar-refractivity contribution in [2.24, 2.45) is 0 Å². The van der Waals surface area contributed by atoms with Crippen molar-refractivity contribution < 1.29 is 29.3 Å². The summed E-state index contributed by atoms with van der Waals surface area (Å²) in [6.45, 7) is 1.41. The molecule has 1 aliphatic carbocycles. The van der Waals surface area contributed by atoms with E-state index in [0.29, 0.717) is 36.1 Å². The lowest BCUT2D eigenvalue weighted by atomic mass is 10.0. The van der Waals surface area contributed by atoms with E-state index in [1.165, 1.54) is 38.5 Å². The van der Waals surface area contributed by atoms with Crippen molar-refractivity contribution in [3.8, 4) is 5.75 Å². The molecule has 1 fully saturated rings. The zero-order valence-corrected chi connectivity index (χ0v) is 21.3. The second-order valence-electron chi connectivity index (χ2n) is 8.82. The fraction of sp³-hybridized carbons (Fsp3) is 0.444. The number of methoxy groups -OCH3 is 1. The molecular weight excluding hydrogens is 462 g/mol. The number of anilines is 1. The molecule has 36 heavy (non-hydrogen) atoms. The number of nitrogens with one attached hydrogen (secondary N) is 2. The van der Waals surface area contributed by atoms with Crippen LogP contribution in [0.2, 0.25) is 0 Å². The molecule has 2 aromatic rings. The first-order chi connectivity index (χ1) is 17.2. The highest BCUT2D eigenvalue weighted by Gasteiger charge is 2.19. The van der Waals surface area contributed by atoms with Crippen LogP contribution in [0.5, 0.6) is 5.75 Å². The average Bonchev–Trinajstić information content (AvgIpc) is 3.13. The number of ether oxygens (including phenoxy) is 1. The van der Waals surface area contributed by atoms with Crippen molar-refractivity contribution in [2.45, 2.75) is 44.6 Å². The number of carboxylic acid groups (broad SMARTS) is 2. The van der Waals surface area contributed by atoms with Crippen LogP contribution >= 0.6 is 0 Å². The number of amides is 1. The molecule has 9 nitrogen and oxygen atoms in total. The van der Waals surface area contributed by atoms with Gasteiger partial charge in [0.2, 0.25) is 0 Å². The van der Waals surface area contributed by atoms with Crippen molar-refractivity contribution in [1.29, 1.82) is 0 Å². The first-order valence-corrected chi connectivity index (χ1v) is 12.2. The molecule has 1 amide bonds. The summed E-state index contributed by atoms with van der Waals surface area (Å²) in [6, 6.07) is 10.6. The van der Waals surface area contributed by atoms with Gasteiger partial charge in [-0.3, -0.25) is 4.79 Å². The summed E-state index contributed by atoms with van der Waals surface area (Å²) in [6.07, 6.45) is 8.94. The van der Waals surface area contributed by atoms with E-state index in [9.17, 15) is 14.4 Å². The smallest absolute Gasteiger partial charge is 0.328 e. The Labute approximate surface area is 212 Å². The number of aliphatic carboxylic acids is 2. The van der Waals surface area contributed by atoms with E-state index < -0.39 is 11.9 Å². The largest absolute Gasteiger partial charge is 0.495 e. The minimum Gasteiger partial charge on any atom is -0.495 e. The zero-order chi connectivity index (χ0) is 26.5. The molecule has 0 aliphatic heterocycles. The summed E-state index contributed by atoms with van der Waals surface area (Å²) >= 11 is 0. The third-order valence-electron chi connectivity index (χ3n) is 5.97. The Morgan fingerprint density at radius 2 is 1.56 bits per heavy atom. The van der Waals surface area contributed by atoms with Gasteiger partial charge in [0.15, 0.2) is 0 Å². The summed E-state index contributed by atoms with van der Waals surface area (Å²) in [5.41, 5.74) is 1.59. The number of hydrogen-bond donors (Lipinski definition) is 4. The Balaban J connectivity index is 0.000000493. The van der Waals surface area contributed by atoms with E-state index in [4.69, 9.17) is 14.9 Å². The average molecular weight is 500 g/mol. The maximum Gasteiger partial charge on any atom is 0.328 e. The number of carboxylic acids is 2. The summed E-state index contributed by atoms with van der Waals surface area (Å²) in [7, 11) is 5.61. The molecule has 196 valence electrons. The molecule has 3 rings (SSSR count). The van der Waals surface area contributed by atoms with Crippen molar-refractivity contribution in [2.75, 3.05) is 39.2 Å². The molecule has 0 bridgehead atoms. The van der Waals surface area contributed by atoms with Crippen LogP contribution in [-0.4, -0.2) is 68.4 Å². The molecule has 0 atom stereocenters. The van der Waals surface area contributed by atoms with Crippen LogP contribution in [0.25, 0.3) is 10.8 Å². The molecule has 0 radical (unpaired) electrons. The highest BCUT2D eigenvalue weighted by molar-refractivity contribution is 6.08. The number of benzene rings is 2. The van der Waals surface area contributed by atoms with E-state index in [2.05, 4.69) is 16.7 Å². The Hall–Kier alpha value is -3.59. The second kappa shape index (κ2) is 14.7. The third kappa shape index (κ3) is 8.88. The van der Waals surface area contributed by atoms with Gasteiger partial charge in [-0.25, -0.2) is 9.59 Å². The monoisotopic (exact) mass is 499 g/mol. The van der Waals surface area contributed by atoms with E-state index >= 15 is 0 Å². The van der Waals surface area contributed by atoms with Gasteiger partial charge < -0.3 is 30.5 Å². The highest BCUT2D eigenvalue weighted by atomic mass is 16.5. The van der Waals surface area contributed by atoms with Gasteiger partial charge in [-0.15, -0.1) is 0 Å². The Morgan fingerprint density at radius 1 is 0.972 bits per heavy atom. The van der Waals surface area contributed by atoms with Crippen molar-refractivity contribution >= 4 is 34.3 Å². The van der Waals surface area contributed by atoms with Crippen molar-refractivity contribution in [1.82, 2.24) is 10.6 Å². The molecule has 0 spiro atoms. The Kier molecular flexibility index (Phi) is 11.7. The van der Waals surface area contributed by atoms with Crippen molar-refractivity contribution in [3.05, 3.63) is 48.0 Å². The van der Waals surface area contributed by atoms with E-state index in [1.807, 2.05) is 43.3 Å². The lowest BCUT2D eigenvalue weighted by molar-refractivity contribution is -0.134. The van der Waals surface area contributed by atoms with Crippen LogP contribution in [0.15, 0.2) is 42.5 Å². The molecule has 4 N–H and O–H groups in total. The number of carbonyl (C=O) groups excluding carboxylic acids is 1. The maximum atomic E-state index is 12.9. The molecule has 0 unspecified atom stereocenters. The van der Waals surface area contributed by atoms with Gasteiger partial charge in [0.25, 0.3) is 5.91 Å². The fourth-order valence-electron chi connectivity index (χ4n) is 4.26. The van der Waals surface area contributed by atoms with Gasteiger partial charge in [0.05, 0.1) is 12.7 Å². The number of fused-ring (bicyclic) bond motifs is 1. The van der Waals surface area contributed by atoms with Crippen LogP contribution in [-0.2, 0) is 9.59 Å². The summed E-state index contributed by atoms with van der Waals surface area (Å²) in [5.74, 6) is -1.97. The predicted molar refractivity (Wildman–Crippen MR) is 141 cm³/mol. The van der Waals surface area contributed by atoms with Crippen LogP contribution in [0, 0.1) is 0 Å². The fourth-order valence-corrected chi connectivity index (χ4v) is 4.26. The predicted octanol–water partition coefficient (Wildman–Crippen LogP) is 3.67. The van der Waals surface area contributed by atoms with Gasteiger partial charge in [-0.2, -0.15) is 0 Å². The summed E-state index contributed by atoms with van der Waals surface area (Å²) in [5, 5.41) is 24.3. The number of nitrogens with zero attached hydrogens (tertiary/aromatic N) is 1. The third-order valence-corrected chi connectivity index (χ3v) is 5.97. The Bertz CT molecular complexity index is 1040. The first kappa shape index (κ1) is 28.6. The number of hydrogen-bond acceptors (Lipinski definition) is 6. The molecule has 2 aromatic carbocycles. The molecule has 0 aromatic heterocycles. The number of rotatable bonds is 9. The second-order valence-corrected chi connectivity index (χ2v) is 8.82. The van der Waals surface area contributed by atoms with Gasteiger partial charge in [-0.1, -0.05) is 49.9 Å². The van der Waals surface area contributed by atoms with Crippen LogP contribution in [0.4, 0.5) is 5.69 Å². The van der Waals surface area contributed by atoms with E-state index in [0.717, 1.165) is 23.0 Å². The van der Waals surface area contributed by atoms with E-state index in [1.54, 1.807) is 7.11 Å². The highest BCUT2D eigenvalue weighted by Crippen LogP contribution is 2.36. The Morgan fingerprint density at radius 3 is 2.08 bits per heavy atom. The molecule has 9 heteroatoms. The standard InChI is InChI=1S/C23H33N3O2.C4H4O4/c1-26(2)21-16-20(22(28-3)19-13-9-8-12-18(19)21)23(27)25-15-14-24-17-10-6-4-5-7-11-17;5-3(6)1-2-4(7)8/h8-9,12-13,16-17,24H,4-7,10-11,14-15H2,1-3H3,(H,25,27);1-2H,(H,5,6)(H,7,8)/b;2-1-. The maximum absolute atomic E-state index is 12.9. The molecule has 1 saturated carbocycles. The zero-order valence-electron chi connectivity index (χ0n) is 21.3. The van der Waals surface area contributed by atoms with Gasteiger partial charge >= 0.3 is 11.9 Å².